The topological polar surface area (TPSA) is 119 Å². The second kappa shape index (κ2) is 6.09. The average molecular weight is 368 g/mol. The summed E-state index contributed by atoms with van der Waals surface area (Å²) in [6.07, 6.45) is 0. The Morgan fingerprint density at radius 3 is 2.48 bits per heavy atom. The monoisotopic (exact) mass is 368 g/mol. The molecule has 1 aliphatic heterocycles. The van der Waals surface area contributed by atoms with Gasteiger partial charge in [-0.25, -0.2) is 4.39 Å². The summed E-state index contributed by atoms with van der Waals surface area (Å²) in [6.45, 7) is -0.259. The van der Waals surface area contributed by atoms with Crippen LogP contribution < -0.4 is 0 Å². The number of amides is 2. The standard InChI is InChI=1S/C17H9FN4O5/c18-10-3-1-9(2-4-10)15-19-14(20-27-15)8-21-16(23)12-6-5-11(22(25)26)7-13(12)17(21)24/h1-7H,8H2. The molecular formula is C17H9FN4O5. The third-order valence-electron chi connectivity index (χ3n) is 4.02. The van der Waals surface area contributed by atoms with Gasteiger partial charge in [0.25, 0.3) is 23.4 Å². The molecule has 10 heteroatoms. The summed E-state index contributed by atoms with van der Waals surface area (Å²) in [5, 5.41) is 14.6. The van der Waals surface area contributed by atoms with Crippen molar-refractivity contribution in [3.63, 3.8) is 0 Å². The first-order chi connectivity index (χ1) is 12.9. The molecule has 3 aromatic rings. The maximum atomic E-state index is 13.0. The molecule has 2 amide bonds. The van der Waals surface area contributed by atoms with Gasteiger partial charge in [-0.2, -0.15) is 4.98 Å². The van der Waals surface area contributed by atoms with Crippen molar-refractivity contribution in [2.75, 3.05) is 0 Å². The third-order valence-corrected chi connectivity index (χ3v) is 4.02. The van der Waals surface area contributed by atoms with Crippen LogP contribution in [0, 0.1) is 15.9 Å². The van der Waals surface area contributed by atoms with Gasteiger partial charge in [0.05, 0.1) is 22.6 Å². The molecule has 2 aromatic carbocycles. The Kier molecular flexibility index (Phi) is 3.73. The van der Waals surface area contributed by atoms with Gasteiger partial charge in [0.2, 0.25) is 0 Å². The number of rotatable bonds is 4. The van der Waals surface area contributed by atoms with Gasteiger partial charge >= 0.3 is 0 Å². The van der Waals surface area contributed by atoms with Crippen molar-refractivity contribution in [1.29, 1.82) is 0 Å². The van der Waals surface area contributed by atoms with Crippen LogP contribution >= 0.6 is 0 Å². The average Bonchev–Trinajstić information content (AvgIpc) is 3.21. The number of nitro benzene ring substituents is 1. The van der Waals surface area contributed by atoms with E-state index in [-0.39, 0.29) is 35.1 Å². The van der Waals surface area contributed by atoms with Crippen molar-refractivity contribution in [1.82, 2.24) is 15.0 Å². The molecule has 0 spiro atoms. The van der Waals surface area contributed by atoms with Crippen LogP contribution in [0.15, 0.2) is 47.0 Å². The van der Waals surface area contributed by atoms with E-state index >= 15 is 0 Å². The largest absolute Gasteiger partial charge is 0.334 e. The summed E-state index contributed by atoms with van der Waals surface area (Å²) in [4.78, 5) is 40.1. The molecule has 0 saturated carbocycles. The Morgan fingerprint density at radius 2 is 1.78 bits per heavy atom. The Labute approximate surface area is 150 Å². The fraction of sp³-hybridized carbons (Fsp3) is 0.0588. The van der Waals surface area contributed by atoms with Gasteiger partial charge in [-0.1, -0.05) is 5.16 Å². The van der Waals surface area contributed by atoms with Crippen molar-refractivity contribution in [3.05, 3.63) is 75.3 Å². The SMILES string of the molecule is O=C1c2ccc([N+](=O)[O-])cc2C(=O)N1Cc1noc(-c2ccc(F)cc2)n1. The van der Waals surface area contributed by atoms with Gasteiger partial charge < -0.3 is 4.52 Å². The van der Waals surface area contributed by atoms with Gasteiger partial charge in [-0.05, 0) is 30.3 Å². The molecule has 0 radical (unpaired) electrons. The molecule has 134 valence electrons. The van der Waals surface area contributed by atoms with E-state index in [0.29, 0.717) is 5.56 Å². The van der Waals surface area contributed by atoms with Gasteiger partial charge in [-0.3, -0.25) is 24.6 Å². The van der Waals surface area contributed by atoms with Crippen LogP contribution in [-0.2, 0) is 6.54 Å². The number of halogens is 1. The summed E-state index contributed by atoms with van der Waals surface area (Å²) >= 11 is 0. The number of hydrogen-bond acceptors (Lipinski definition) is 7. The third kappa shape index (κ3) is 2.82. The zero-order chi connectivity index (χ0) is 19.1. The Bertz CT molecular complexity index is 1090. The molecule has 27 heavy (non-hydrogen) atoms. The number of hydrogen-bond donors (Lipinski definition) is 0. The van der Waals surface area contributed by atoms with E-state index in [0.717, 1.165) is 17.0 Å². The number of carbonyl (C=O) groups is 2. The van der Waals surface area contributed by atoms with Crippen molar-refractivity contribution < 1.29 is 23.4 Å². The van der Waals surface area contributed by atoms with E-state index in [2.05, 4.69) is 10.1 Å². The van der Waals surface area contributed by atoms with Crippen molar-refractivity contribution in [2.45, 2.75) is 6.54 Å². The molecule has 2 heterocycles. The summed E-state index contributed by atoms with van der Waals surface area (Å²) in [6, 6.07) is 8.84. The summed E-state index contributed by atoms with van der Waals surface area (Å²) in [5.74, 6) is -1.51. The number of benzene rings is 2. The highest BCUT2D eigenvalue weighted by Gasteiger charge is 2.37. The number of fused-ring (bicyclic) bond motifs is 1. The number of aromatic nitrogens is 2. The molecule has 0 N–H and O–H groups in total. The first kappa shape index (κ1) is 16.5. The highest BCUT2D eigenvalue weighted by molar-refractivity contribution is 6.21. The van der Waals surface area contributed by atoms with E-state index in [4.69, 9.17) is 4.52 Å². The number of nitro groups is 1. The van der Waals surface area contributed by atoms with E-state index in [1.807, 2.05) is 0 Å². The molecule has 0 aliphatic carbocycles. The molecule has 1 aliphatic rings. The van der Waals surface area contributed by atoms with E-state index in [1.54, 1.807) is 0 Å². The van der Waals surface area contributed by atoms with Crippen LogP contribution in [0.5, 0.6) is 0 Å². The van der Waals surface area contributed by atoms with Crippen LogP contribution in [0.4, 0.5) is 10.1 Å². The second-order valence-corrected chi connectivity index (χ2v) is 5.71. The molecule has 1 aromatic heterocycles. The molecule has 0 bridgehead atoms. The Morgan fingerprint density at radius 1 is 1.07 bits per heavy atom. The smallest absolute Gasteiger partial charge is 0.270 e. The van der Waals surface area contributed by atoms with Gasteiger partial charge in [-0.15, -0.1) is 0 Å². The van der Waals surface area contributed by atoms with Gasteiger partial charge in [0.1, 0.15) is 5.82 Å². The minimum atomic E-state index is -0.674. The lowest BCUT2D eigenvalue weighted by molar-refractivity contribution is -0.384. The lowest BCUT2D eigenvalue weighted by atomic mass is 10.1. The first-order valence-corrected chi connectivity index (χ1v) is 7.67. The quantitative estimate of drug-likeness (QED) is 0.394. The lowest BCUT2D eigenvalue weighted by Gasteiger charge is -2.10. The van der Waals surface area contributed by atoms with Gasteiger partial charge in [0, 0.05) is 17.7 Å². The number of carbonyl (C=O) groups excluding carboxylic acids is 2. The lowest BCUT2D eigenvalue weighted by Crippen LogP contribution is -2.29. The summed E-state index contributed by atoms with van der Waals surface area (Å²) in [5.41, 5.74) is 0.229. The Hall–Kier alpha value is -3.95. The fourth-order valence-corrected chi connectivity index (χ4v) is 2.71. The predicted molar refractivity (Wildman–Crippen MR) is 87.0 cm³/mol. The van der Waals surface area contributed by atoms with E-state index in [9.17, 15) is 24.1 Å². The molecule has 0 unspecified atom stereocenters. The van der Waals surface area contributed by atoms with E-state index in [1.165, 1.54) is 30.3 Å². The number of nitrogens with zero attached hydrogens (tertiary/aromatic N) is 4. The number of imide groups is 1. The van der Waals surface area contributed by atoms with Crippen LogP contribution in [-0.4, -0.2) is 31.8 Å². The van der Waals surface area contributed by atoms with Gasteiger partial charge in [0.15, 0.2) is 5.82 Å². The maximum absolute atomic E-state index is 13.0. The van der Waals surface area contributed by atoms with Crippen LogP contribution in [0.25, 0.3) is 11.5 Å². The molecule has 0 saturated heterocycles. The predicted octanol–water partition coefficient (Wildman–Crippen LogP) is 2.58. The van der Waals surface area contributed by atoms with Crippen LogP contribution in [0.2, 0.25) is 0 Å². The first-order valence-electron chi connectivity index (χ1n) is 7.67. The fourth-order valence-electron chi connectivity index (χ4n) is 2.71. The minimum Gasteiger partial charge on any atom is -0.334 e. The Balaban J connectivity index is 1.58. The zero-order valence-electron chi connectivity index (χ0n) is 13.5. The summed E-state index contributed by atoms with van der Waals surface area (Å²) < 4.78 is 18.1. The number of non-ortho nitro benzene ring substituents is 1. The van der Waals surface area contributed by atoms with Crippen LogP contribution in [0.3, 0.4) is 0 Å². The molecule has 9 nitrogen and oxygen atoms in total. The molecule has 4 rings (SSSR count). The molecule has 0 fully saturated rings. The molecule has 0 atom stereocenters. The van der Waals surface area contributed by atoms with Crippen molar-refractivity contribution in [2.24, 2.45) is 0 Å². The highest BCUT2D eigenvalue weighted by atomic mass is 19.1. The molecular weight excluding hydrogens is 359 g/mol. The van der Waals surface area contributed by atoms with Crippen molar-refractivity contribution >= 4 is 17.5 Å². The zero-order valence-corrected chi connectivity index (χ0v) is 13.5. The maximum Gasteiger partial charge on any atom is 0.270 e. The highest BCUT2D eigenvalue weighted by Crippen LogP contribution is 2.28. The second-order valence-electron chi connectivity index (χ2n) is 5.71. The normalized spacial score (nSPS) is 13.1. The van der Waals surface area contributed by atoms with E-state index < -0.39 is 22.6 Å². The summed E-state index contributed by atoms with van der Waals surface area (Å²) in [7, 11) is 0. The van der Waals surface area contributed by atoms with Crippen molar-refractivity contribution in [3.8, 4) is 11.5 Å². The minimum absolute atomic E-state index is 0.0450. The van der Waals surface area contributed by atoms with Crippen LogP contribution in [0.1, 0.15) is 26.5 Å².